The van der Waals surface area contributed by atoms with Gasteiger partial charge in [-0.25, -0.2) is 4.79 Å². The number of carboxylic acid groups (broad SMARTS) is 1. The highest BCUT2D eigenvalue weighted by atomic mass is 16.5. The van der Waals surface area contributed by atoms with Crippen molar-refractivity contribution in [1.82, 2.24) is 10.2 Å². The van der Waals surface area contributed by atoms with E-state index in [4.69, 9.17) is 9.47 Å². The Balaban J connectivity index is 1.25. The minimum Gasteiger partial charge on any atom is -0.481 e. The van der Waals surface area contributed by atoms with Crippen molar-refractivity contribution < 1.29 is 29.0 Å². The van der Waals surface area contributed by atoms with Gasteiger partial charge in [-0.15, -0.1) is 0 Å². The van der Waals surface area contributed by atoms with Crippen LogP contribution in [0.25, 0.3) is 11.1 Å². The molecule has 2 N–H and O–H groups in total. The van der Waals surface area contributed by atoms with Crippen LogP contribution in [0.4, 0.5) is 4.79 Å². The van der Waals surface area contributed by atoms with Crippen molar-refractivity contribution in [3.63, 3.8) is 0 Å². The number of carbonyl (C=O) groups is 3. The first kappa shape index (κ1) is 23.4. The summed E-state index contributed by atoms with van der Waals surface area (Å²) in [6, 6.07) is 14.8. The Labute approximate surface area is 204 Å². The normalized spacial score (nSPS) is 22.1. The third kappa shape index (κ3) is 4.75. The highest BCUT2D eigenvalue weighted by Gasteiger charge is 2.47. The van der Waals surface area contributed by atoms with Crippen LogP contribution in [-0.2, 0) is 19.1 Å². The fourth-order valence-electron chi connectivity index (χ4n) is 5.40. The Morgan fingerprint density at radius 3 is 2.34 bits per heavy atom. The van der Waals surface area contributed by atoms with E-state index in [9.17, 15) is 19.5 Å². The SMILES string of the molecule is CC1(C2CC2)CN(C(=O)C(CC(=O)O)NC(=O)OCC2c3ccccc3-c3ccccc32)CCO1. The number of nitrogens with zero attached hydrogens (tertiary/aromatic N) is 1. The Bertz CT molecular complexity index is 1100. The lowest BCUT2D eigenvalue weighted by molar-refractivity contribution is -0.155. The number of rotatable bonds is 7. The molecule has 2 amide bonds. The number of carbonyl (C=O) groups excluding carboxylic acids is 2. The maximum atomic E-state index is 13.2. The summed E-state index contributed by atoms with van der Waals surface area (Å²) in [5.74, 6) is -1.30. The summed E-state index contributed by atoms with van der Waals surface area (Å²) in [6.07, 6.45) is 0.815. The minimum atomic E-state index is -1.20. The van der Waals surface area contributed by atoms with Crippen LogP contribution in [0.15, 0.2) is 48.5 Å². The van der Waals surface area contributed by atoms with Gasteiger partial charge < -0.3 is 24.8 Å². The fourth-order valence-corrected chi connectivity index (χ4v) is 5.40. The minimum absolute atomic E-state index is 0.0884. The van der Waals surface area contributed by atoms with Gasteiger partial charge in [0.25, 0.3) is 0 Å². The summed E-state index contributed by atoms with van der Waals surface area (Å²) in [5.41, 5.74) is 3.95. The molecule has 8 nitrogen and oxygen atoms in total. The van der Waals surface area contributed by atoms with Crippen LogP contribution in [-0.4, -0.2) is 65.9 Å². The molecule has 1 saturated heterocycles. The van der Waals surface area contributed by atoms with E-state index in [1.165, 1.54) is 0 Å². The van der Waals surface area contributed by atoms with E-state index in [0.717, 1.165) is 35.1 Å². The number of carboxylic acids is 1. The van der Waals surface area contributed by atoms with Crippen molar-refractivity contribution in [2.75, 3.05) is 26.3 Å². The molecule has 0 spiro atoms. The third-order valence-electron chi connectivity index (χ3n) is 7.36. The first-order chi connectivity index (χ1) is 16.9. The highest BCUT2D eigenvalue weighted by molar-refractivity contribution is 5.89. The number of nitrogens with one attached hydrogen (secondary N) is 1. The van der Waals surface area contributed by atoms with Crippen LogP contribution in [0.3, 0.4) is 0 Å². The van der Waals surface area contributed by atoms with E-state index in [0.29, 0.717) is 25.6 Å². The molecule has 1 aliphatic heterocycles. The molecule has 2 fully saturated rings. The second-order valence-corrected chi connectivity index (χ2v) is 9.82. The predicted molar refractivity (Wildman–Crippen MR) is 128 cm³/mol. The molecular weight excluding hydrogens is 448 g/mol. The number of benzene rings is 2. The standard InChI is InChI=1S/C27H30N2O6/c1-27(17-10-11-17)16-29(12-13-35-27)25(32)23(14-24(30)31)28-26(33)34-15-22-20-8-4-2-6-18(20)19-7-3-5-9-21(19)22/h2-9,17,22-23H,10-16H2,1H3,(H,28,33)(H,30,31). The molecule has 1 heterocycles. The van der Waals surface area contributed by atoms with E-state index < -0.39 is 36.0 Å². The summed E-state index contributed by atoms with van der Waals surface area (Å²) in [4.78, 5) is 39.0. The lowest BCUT2D eigenvalue weighted by Gasteiger charge is -2.41. The largest absolute Gasteiger partial charge is 0.481 e. The topological polar surface area (TPSA) is 105 Å². The molecule has 35 heavy (non-hydrogen) atoms. The van der Waals surface area contributed by atoms with E-state index in [2.05, 4.69) is 5.32 Å². The van der Waals surface area contributed by atoms with E-state index in [1.54, 1.807) is 4.90 Å². The van der Waals surface area contributed by atoms with Gasteiger partial charge in [-0.2, -0.15) is 0 Å². The summed E-state index contributed by atoms with van der Waals surface area (Å²) in [6.45, 7) is 3.23. The van der Waals surface area contributed by atoms with Crippen LogP contribution in [0, 0.1) is 5.92 Å². The van der Waals surface area contributed by atoms with Crippen molar-refractivity contribution in [2.45, 2.75) is 43.7 Å². The summed E-state index contributed by atoms with van der Waals surface area (Å²) in [7, 11) is 0. The number of amides is 2. The molecule has 0 bridgehead atoms. The molecule has 0 radical (unpaired) electrons. The van der Waals surface area contributed by atoms with E-state index >= 15 is 0 Å². The highest BCUT2D eigenvalue weighted by Crippen LogP contribution is 2.45. The van der Waals surface area contributed by atoms with Crippen molar-refractivity contribution >= 4 is 18.0 Å². The lowest BCUT2D eigenvalue weighted by Crippen LogP contribution is -2.58. The monoisotopic (exact) mass is 478 g/mol. The molecule has 2 atom stereocenters. The summed E-state index contributed by atoms with van der Waals surface area (Å²) >= 11 is 0. The second-order valence-electron chi connectivity index (χ2n) is 9.82. The lowest BCUT2D eigenvalue weighted by atomic mass is 9.97. The number of aliphatic carboxylic acids is 1. The first-order valence-electron chi connectivity index (χ1n) is 12.1. The fraction of sp³-hybridized carbons (Fsp3) is 0.444. The predicted octanol–water partition coefficient (Wildman–Crippen LogP) is 3.40. The summed E-state index contributed by atoms with van der Waals surface area (Å²) < 4.78 is 11.5. The van der Waals surface area contributed by atoms with Gasteiger partial charge in [0, 0.05) is 19.0 Å². The molecule has 5 rings (SSSR count). The molecular formula is C27H30N2O6. The Hall–Kier alpha value is -3.39. The maximum Gasteiger partial charge on any atom is 0.407 e. The summed E-state index contributed by atoms with van der Waals surface area (Å²) in [5, 5.41) is 11.9. The third-order valence-corrected chi connectivity index (χ3v) is 7.36. The van der Waals surface area contributed by atoms with Crippen LogP contribution in [0.1, 0.15) is 43.2 Å². The van der Waals surface area contributed by atoms with Crippen LogP contribution in [0.5, 0.6) is 0 Å². The van der Waals surface area contributed by atoms with Gasteiger partial charge in [-0.05, 0) is 47.9 Å². The Morgan fingerprint density at radius 1 is 1.11 bits per heavy atom. The zero-order valence-corrected chi connectivity index (χ0v) is 19.7. The van der Waals surface area contributed by atoms with Crippen LogP contribution in [0.2, 0.25) is 0 Å². The average Bonchev–Trinajstić information content (AvgIpc) is 3.66. The molecule has 2 aliphatic carbocycles. The number of ether oxygens (including phenoxy) is 2. The van der Waals surface area contributed by atoms with Gasteiger partial charge >= 0.3 is 12.1 Å². The first-order valence-corrected chi connectivity index (χ1v) is 12.1. The van der Waals surface area contributed by atoms with Crippen molar-refractivity contribution in [2.24, 2.45) is 5.92 Å². The zero-order chi connectivity index (χ0) is 24.6. The number of fused-ring (bicyclic) bond motifs is 3. The Morgan fingerprint density at radius 2 is 1.74 bits per heavy atom. The molecule has 1 saturated carbocycles. The molecule has 0 aromatic heterocycles. The van der Waals surface area contributed by atoms with E-state index in [1.807, 2.05) is 55.5 Å². The molecule has 8 heteroatoms. The number of hydrogen-bond acceptors (Lipinski definition) is 5. The quantitative estimate of drug-likeness (QED) is 0.632. The van der Waals surface area contributed by atoms with Crippen LogP contribution >= 0.6 is 0 Å². The smallest absolute Gasteiger partial charge is 0.407 e. The number of hydrogen-bond donors (Lipinski definition) is 2. The van der Waals surface area contributed by atoms with Gasteiger partial charge in [0.15, 0.2) is 0 Å². The molecule has 2 aromatic carbocycles. The number of morpholine rings is 1. The molecule has 2 aromatic rings. The van der Waals surface area contributed by atoms with Gasteiger partial charge in [0.05, 0.1) is 18.6 Å². The second kappa shape index (κ2) is 9.34. The molecule has 2 unspecified atom stereocenters. The maximum absolute atomic E-state index is 13.2. The van der Waals surface area contributed by atoms with Gasteiger partial charge in [0.1, 0.15) is 12.6 Å². The van der Waals surface area contributed by atoms with Crippen LogP contribution < -0.4 is 5.32 Å². The molecule has 3 aliphatic rings. The zero-order valence-electron chi connectivity index (χ0n) is 19.7. The van der Waals surface area contributed by atoms with Crippen molar-refractivity contribution in [3.8, 4) is 11.1 Å². The van der Waals surface area contributed by atoms with Gasteiger partial charge in [-0.3, -0.25) is 9.59 Å². The Kier molecular flexibility index (Phi) is 6.23. The van der Waals surface area contributed by atoms with Crippen molar-refractivity contribution in [1.29, 1.82) is 0 Å². The average molecular weight is 479 g/mol. The van der Waals surface area contributed by atoms with Gasteiger partial charge in [0.2, 0.25) is 5.91 Å². The van der Waals surface area contributed by atoms with E-state index in [-0.39, 0.29) is 12.5 Å². The van der Waals surface area contributed by atoms with Crippen molar-refractivity contribution in [3.05, 3.63) is 59.7 Å². The molecule has 184 valence electrons. The van der Waals surface area contributed by atoms with Gasteiger partial charge in [-0.1, -0.05) is 48.5 Å². The number of alkyl carbamates (subject to hydrolysis) is 1.